The molecule has 1 aromatic heterocycles. The highest BCUT2D eigenvalue weighted by Gasteiger charge is 2.24. The summed E-state index contributed by atoms with van der Waals surface area (Å²) in [5, 5.41) is 16.3. The van der Waals surface area contributed by atoms with Crippen LogP contribution < -0.4 is 10.6 Å². The first-order valence-electron chi connectivity index (χ1n) is 7.06. The molecule has 104 valence electrons. The maximum absolute atomic E-state index is 12.2. The number of nitrogens with one attached hydrogen (secondary N) is 2. The summed E-state index contributed by atoms with van der Waals surface area (Å²) in [4.78, 5) is 14.2. The van der Waals surface area contributed by atoms with E-state index in [1.807, 2.05) is 6.07 Å². The van der Waals surface area contributed by atoms with E-state index in [4.69, 9.17) is 0 Å². The Balaban J connectivity index is 1.69. The van der Waals surface area contributed by atoms with Gasteiger partial charge in [-0.15, -0.1) is 11.3 Å². The fourth-order valence-electron chi connectivity index (χ4n) is 2.88. The zero-order valence-corrected chi connectivity index (χ0v) is 11.8. The molecule has 1 saturated heterocycles. The Hall–Kier alpha value is -0.910. The summed E-state index contributed by atoms with van der Waals surface area (Å²) >= 11 is 1.54. The molecule has 0 spiro atoms. The fraction of sp³-hybridized carbons (Fsp3) is 0.643. The number of carbonyl (C=O) groups excluding carboxylic acids is 1. The van der Waals surface area contributed by atoms with Crippen molar-refractivity contribution in [1.29, 1.82) is 0 Å². The first-order chi connectivity index (χ1) is 9.24. The summed E-state index contributed by atoms with van der Waals surface area (Å²) in [6.07, 6.45) is 4.62. The van der Waals surface area contributed by atoms with Crippen LogP contribution in [0.25, 0.3) is 0 Å². The number of aliphatic hydroxyl groups is 1. The van der Waals surface area contributed by atoms with Gasteiger partial charge in [0.1, 0.15) is 0 Å². The summed E-state index contributed by atoms with van der Waals surface area (Å²) in [5.74, 6) is 0.0142. The molecule has 1 amide bonds. The summed E-state index contributed by atoms with van der Waals surface area (Å²) in [6, 6.07) is 2.13. The third kappa shape index (κ3) is 2.83. The van der Waals surface area contributed by atoms with E-state index < -0.39 is 0 Å². The molecule has 2 heterocycles. The predicted molar refractivity (Wildman–Crippen MR) is 75.6 cm³/mol. The lowest BCUT2D eigenvalue weighted by atomic mass is 9.96. The molecule has 4 nitrogen and oxygen atoms in total. The average Bonchev–Trinajstić information content (AvgIpc) is 2.85. The molecule has 0 bridgehead atoms. The van der Waals surface area contributed by atoms with Gasteiger partial charge in [-0.25, -0.2) is 0 Å². The van der Waals surface area contributed by atoms with Crippen molar-refractivity contribution in [2.24, 2.45) is 0 Å². The zero-order valence-electron chi connectivity index (χ0n) is 10.9. The highest BCUT2D eigenvalue weighted by Crippen LogP contribution is 2.35. The zero-order chi connectivity index (χ0) is 13.2. The minimum absolute atomic E-state index is 0.0142. The van der Waals surface area contributed by atoms with Crippen molar-refractivity contribution in [1.82, 2.24) is 10.6 Å². The van der Waals surface area contributed by atoms with Crippen LogP contribution in [0.1, 0.15) is 51.9 Å². The molecule has 1 aliphatic heterocycles. The van der Waals surface area contributed by atoms with Crippen LogP contribution in [0.5, 0.6) is 0 Å². The van der Waals surface area contributed by atoms with Gasteiger partial charge >= 0.3 is 0 Å². The highest BCUT2D eigenvalue weighted by atomic mass is 32.1. The van der Waals surface area contributed by atoms with Gasteiger partial charge in [-0.2, -0.15) is 0 Å². The van der Waals surface area contributed by atoms with Crippen LogP contribution in [0, 0.1) is 0 Å². The van der Waals surface area contributed by atoms with Gasteiger partial charge in [0.15, 0.2) is 0 Å². The van der Waals surface area contributed by atoms with Crippen molar-refractivity contribution in [3.05, 3.63) is 21.4 Å². The van der Waals surface area contributed by atoms with Crippen LogP contribution in [0.4, 0.5) is 0 Å². The Morgan fingerprint density at radius 1 is 1.42 bits per heavy atom. The molecule has 1 unspecified atom stereocenters. The normalized spacial score (nSPS) is 26.8. The summed E-state index contributed by atoms with van der Waals surface area (Å²) in [6.45, 7) is 1.91. The number of aliphatic hydroxyl groups excluding tert-OH is 1. The first-order valence-corrected chi connectivity index (χ1v) is 7.88. The fourth-order valence-corrected chi connectivity index (χ4v) is 4.04. The van der Waals surface area contributed by atoms with E-state index in [9.17, 15) is 9.90 Å². The third-order valence-electron chi connectivity index (χ3n) is 3.94. The quantitative estimate of drug-likeness (QED) is 0.771. The maximum Gasteiger partial charge on any atom is 0.261 e. The Morgan fingerprint density at radius 3 is 3.05 bits per heavy atom. The van der Waals surface area contributed by atoms with Gasteiger partial charge in [0.05, 0.1) is 11.0 Å². The van der Waals surface area contributed by atoms with Gasteiger partial charge in [0, 0.05) is 17.5 Å². The molecule has 3 N–H and O–H groups in total. The lowest BCUT2D eigenvalue weighted by Gasteiger charge is -2.23. The monoisotopic (exact) mass is 280 g/mol. The second-order valence-electron chi connectivity index (χ2n) is 5.41. The number of hydrogen-bond donors (Lipinski definition) is 3. The van der Waals surface area contributed by atoms with Gasteiger partial charge in [0.2, 0.25) is 0 Å². The van der Waals surface area contributed by atoms with Gasteiger partial charge < -0.3 is 15.7 Å². The molecule has 0 aromatic carbocycles. The van der Waals surface area contributed by atoms with E-state index in [2.05, 4.69) is 10.6 Å². The van der Waals surface area contributed by atoms with E-state index in [1.165, 1.54) is 4.88 Å². The predicted octanol–water partition coefficient (Wildman–Crippen LogP) is 1.60. The Bertz CT molecular complexity index is 466. The van der Waals surface area contributed by atoms with Crippen molar-refractivity contribution in [3.8, 4) is 0 Å². The Morgan fingerprint density at radius 2 is 2.32 bits per heavy atom. The van der Waals surface area contributed by atoms with Gasteiger partial charge in [0.25, 0.3) is 5.91 Å². The molecular formula is C14H20N2O2S. The Kier molecular flexibility index (Phi) is 3.86. The van der Waals surface area contributed by atoms with Gasteiger partial charge in [-0.05, 0) is 50.3 Å². The summed E-state index contributed by atoms with van der Waals surface area (Å²) in [7, 11) is 0. The molecule has 3 rings (SSSR count). The van der Waals surface area contributed by atoms with Gasteiger partial charge in [-0.1, -0.05) is 0 Å². The molecule has 1 fully saturated rings. The lowest BCUT2D eigenvalue weighted by molar-refractivity contribution is 0.0934. The van der Waals surface area contributed by atoms with E-state index >= 15 is 0 Å². The second-order valence-corrected chi connectivity index (χ2v) is 6.55. The number of fused-ring (bicyclic) bond motifs is 1. The molecule has 5 heteroatoms. The molecular weight excluding hydrogens is 260 g/mol. The van der Waals surface area contributed by atoms with Crippen molar-refractivity contribution in [2.75, 3.05) is 13.1 Å². The highest BCUT2D eigenvalue weighted by molar-refractivity contribution is 7.14. The number of rotatable bonds is 2. The molecule has 1 aromatic rings. The number of amides is 1. The van der Waals surface area contributed by atoms with Gasteiger partial charge in [-0.3, -0.25) is 4.79 Å². The molecule has 0 radical (unpaired) electrons. The number of carbonyl (C=O) groups is 1. The first kappa shape index (κ1) is 13.1. The molecule has 19 heavy (non-hydrogen) atoms. The number of thiophene rings is 1. The minimum atomic E-state index is -0.377. The van der Waals surface area contributed by atoms with Crippen LogP contribution in [0.2, 0.25) is 0 Å². The van der Waals surface area contributed by atoms with Crippen molar-refractivity contribution in [3.63, 3.8) is 0 Å². The molecule has 2 aliphatic rings. The van der Waals surface area contributed by atoms with Crippen LogP contribution in [-0.4, -0.2) is 30.1 Å². The van der Waals surface area contributed by atoms with E-state index in [0.29, 0.717) is 0 Å². The van der Waals surface area contributed by atoms with Crippen LogP contribution in [0.3, 0.4) is 0 Å². The molecule has 1 aliphatic carbocycles. The number of aryl methyl sites for hydroxylation is 1. The standard InChI is InChI=1S/C14H20N2O2S/c17-11-4-1-5-12-10(11)7-13(19-12)14(18)16-9-3-2-6-15-8-9/h7,9,11,15,17H,1-6,8H2,(H,16,18)/t9?,11-/m1/s1. The molecule has 2 atom stereocenters. The largest absolute Gasteiger partial charge is 0.388 e. The lowest BCUT2D eigenvalue weighted by Crippen LogP contribution is -2.45. The van der Waals surface area contributed by atoms with E-state index in [-0.39, 0.29) is 18.1 Å². The Labute approximate surface area is 117 Å². The van der Waals surface area contributed by atoms with Crippen LogP contribution in [0.15, 0.2) is 6.07 Å². The van der Waals surface area contributed by atoms with Crippen molar-refractivity contribution in [2.45, 2.75) is 44.2 Å². The summed E-state index contributed by atoms with van der Waals surface area (Å²) < 4.78 is 0. The number of piperidine rings is 1. The third-order valence-corrected chi connectivity index (χ3v) is 5.15. The second kappa shape index (κ2) is 5.61. The van der Waals surface area contributed by atoms with Crippen LogP contribution in [-0.2, 0) is 6.42 Å². The minimum Gasteiger partial charge on any atom is -0.388 e. The van der Waals surface area contributed by atoms with Crippen LogP contribution >= 0.6 is 11.3 Å². The summed E-state index contributed by atoms with van der Waals surface area (Å²) in [5.41, 5.74) is 0.975. The average molecular weight is 280 g/mol. The van der Waals surface area contributed by atoms with E-state index in [1.54, 1.807) is 11.3 Å². The number of hydrogen-bond acceptors (Lipinski definition) is 4. The van der Waals surface area contributed by atoms with Crippen molar-refractivity contribution >= 4 is 17.2 Å². The molecule has 0 saturated carbocycles. The smallest absolute Gasteiger partial charge is 0.261 e. The topological polar surface area (TPSA) is 61.4 Å². The van der Waals surface area contributed by atoms with Crippen molar-refractivity contribution < 1.29 is 9.90 Å². The van der Waals surface area contributed by atoms with E-state index in [0.717, 1.165) is 55.6 Å². The SMILES string of the molecule is O=C(NC1CCCNC1)c1cc2c(s1)CCC[C@H]2O. The maximum atomic E-state index is 12.2.